The van der Waals surface area contributed by atoms with Gasteiger partial charge in [0.25, 0.3) is 5.56 Å². The Bertz CT molecular complexity index is 979. The highest BCUT2D eigenvalue weighted by molar-refractivity contribution is 5.78. The number of amides is 1. The Hall–Kier alpha value is -2.54. The normalized spacial score (nSPS) is 17.9. The Labute approximate surface area is 176 Å². The maximum atomic E-state index is 13.8. The summed E-state index contributed by atoms with van der Waals surface area (Å²) in [5.41, 5.74) is 2.12. The molecule has 1 fully saturated rings. The van der Waals surface area contributed by atoms with Crippen LogP contribution in [0.4, 0.5) is 4.39 Å². The second-order valence-electron chi connectivity index (χ2n) is 8.61. The highest BCUT2D eigenvalue weighted by atomic mass is 19.1. The molecule has 4 rings (SSSR count). The molecule has 160 valence electrons. The minimum absolute atomic E-state index is 0.0172. The predicted octanol–water partition coefficient (Wildman–Crippen LogP) is 2.62. The minimum atomic E-state index is -0.341. The molecule has 2 aliphatic heterocycles. The third-order valence-electron chi connectivity index (χ3n) is 6.39. The van der Waals surface area contributed by atoms with E-state index in [4.69, 9.17) is 4.98 Å². The first-order valence-corrected chi connectivity index (χ1v) is 10.8. The number of carbonyl (C=O) groups excluding carboxylic acids is 1. The summed E-state index contributed by atoms with van der Waals surface area (Å²) in [6.45, 7) is 7.11. The fraction of sp³-hybridized carbons (Fsp3) is 0.522. The summed E-state index contributed by atoms with van der Waals surface area (Å²) < 4.78 is 13.8. The van der Waals surface area contributed by atoms with Gasteiger partial charge in [0.2, 0.25) is 5.91 Å². The van der Waals surface area contributed by atoms with Crippen molar-refractivity contribution in [3.8, 4) is 0 Å². The van der Waals surface area contributed by atoms with Gasteiger partial charge in [-0.3, -0.25) is 14.5 Å². The molecule has 3 heterocycles. The predicted molar refractivity (Wildman–Crippen MR) is 113 cm³/mol. The van der Waals surface area contributed by atoms with Crippen LogP contribution in [-0.4, -0.2) is 51.4 Å². The van der Waals surface area contributed by atoms with E-state index in [9.17, 15) is 14.0 Å². The van der Waals surface area contributed by atoms with Crippen molar-refractivity contribution < 1.29 is 9.18 Å². The first-order chi connectivity index (χ1) is 14.4. The highest BCUT2D eigenvalue weighted by Crippen LogP contribution is 2.27. The number of hydrogen-bond acceptors (Lipinski definition) is 4. The number of benzene rings is 1. The molecular weight excluding hydrogens is 383 g/mol. The molecular formula is C23H29FN4O2. The van der Waals surface area contributed by atoms with Crippen LogP contribution < -0.4 is 5.56 Å². The average molecular weight is 413 g/mol. The summed E-state index contributed by atoms with van der Waals surface area (Å²) in [5, 5.41) is 0. The molecule has 0 saturated carbocycles. The molecule has 6 nitrogen and oxygen atoms in total. The van der Waals surface area contributed by atoms with Crippen LogP contribution in [0.2, 0.25) is 0 Å². The van der Waals surface area contributed by atoms with Gasteiger partial charge in [0.05, 0.1) is 12.1 Å². The number of piperidine rings is 1. The standard InChI is InChI=1S/C23H29FN4O2/c1-15(2)28-12-9-18-20(14-28)25-22(26-23(18)30)16-7-10-27(11-8-16)21(29)13-17-5-3-4-6-19(17)24/h3-6,15-16H,7-14H2,1-2H3,(H,25,26,30). The van der Waals surface area contributed by atoms with Crippen molar-refractivity contribution in [2.24, 2.45) is 0 Å². The van der Waals surface area contributed by atoms with E-state index < -0.39 is 0 Å². The number of aromatic amines is 1. The zero-order valence-electron chi connectivity index (χ0n) is 17.7. The van der Waals surface area contributed by atoms with E-state index >= 15 is 0 Å². The lowest BCUT2D eigenvalue weighted by molar-refractivity contribution is -0.131. The third-order valence-corrected chi connectivity index (χ3v) is 6.39. The fourth-order valence-corrected chi connectivity index (χ4v) is 4.43. The van der Waals surface area contributed by atoms with Crippen molar-refractivity contribution in [1.82, 2.24) is 19.8 Å². The molecule has 0 unspecified atom stereocenters. The van der Waals surface area contributed by atoms with Crippen LogP contribution in [0.3, 0.4) is 0 Å². The number of aromatic nitrogens is 2. The van der Waals surface area contributed by atoms with E-state index in [2.05, 4.69) is 23.7 Å². The molecule has 1 aromatic heterocycles. The Morgan fingerprint density at radius 3 is 2.67 bits per heavy atom. The lowest BCUT2D eigenvalue weighted by Gasteiger charge is -2.33. The van der Waals surface area contributed by atoms with Crippen molar-refractivity contribution in [2.75, 3.05) is 19.6 Å². The Kier molecular flexibility index (Phi) is 5.99. The van der Waals surface area contributed by atoms with Crippen LogP contribution in [0.5, 0.6) is 0 Å². The Morgan fingerprint density at radius 2 is 1.97 bits per heavy atom. The zero-order valence-corrected chi connectivity index (χ0v) is 17.7. The quantitative estimate of drug-likeness (QED) is 0.838. The van der Waals surface area contributed by atoms with E-state index in [1.807, 2.05) is 0 Å². The van der Waals surface area contributed by atoms with E-state index in [1.165, 1.54) is 6.07 Å². The second kappa shape index (κ2) is 8.68. The zero-order chi connectivity index (χ0) is 21.3. The molecule has 0 bridgehead atoms. The number of carbonyl (C=O) groups is 1. The summed E-state index contributed by atoms with van der Waals surface area (Å²) in [4.78, 5) is 37.1. The van der Waals surface area contributed by atoms with Gasteiger partial charge < -0.3 is 9.88 Å². The van der Waals surface area contributed by atoms with Crippen LogP contribution in [0.1, 0.15) is 55.3 Å². The molecule has 1 amide bonds. The van der Waals surface area contributed by atoms with Crippen LogP contribution in [-0.2, 0) is 24.2 Å². The number of halogens is 1. The van der Waals surface area contributed by atoms with E-state index in [0.717, 1.165) is 42.9 Å². The van der Waals surface area contributed by atoms with Gasteiger partial charge in [0.15, 0.2) is 0 Å². The van der Waals surface area contributed by atoms with Crippen molar-refractivity contribution in [1.29, 1.82) is 0 Å². The largest absolute Gasteiger partial charge is 0.342 e. The second-order valence-corrected chi connectivity index (χ2v) is 8.61. The number of hydrogen-bond donors (Lipinski definition) is 1. The van der Waals surface area contributed by atoms with E-state index in [1.54, 1.807) is 23.1 Å². The van der Waals surface area contributed by atoms with Gasteiger partial charge >= 0.3 is 0 Å². The summed E-state index contributed by atoms with van der Waals surface area (Å²) in [6.07, 6.45) is 2.31. The van der Waals surface area contributed by atoms with Crippen molar-refractivity contribution in [2.45, 2.75) is 58.0 Å². The number of likely N-dealkylation sites (tertiary alicyclic amines) is 1. The molecule has 0 radical (unpaired) electrons. The molecule has 0 spiro atoms. The number of nitrogens with zero attached hydrogens (tertiary/aromatic N) is 3. The highest BCUT2D eigenvalue weighted by Gasteiger charge is 2.28. The smallest absolute Gasteiger partial charge is 0.254 e. The molecule has 0 aliphatic carbocycles. The number of H-pyrrole nitrogens is 1. The van der Waals surface area contributed by atoms with Crippen LogP contribution in [0.25, 0.3) is 0 Å². The summed E-state index contributed by atoms with van der Waals surface area (Å²) in [6, 6.07) is 6.83. The summed E-state index contributed by atoms with van der Waals surface area (Å²) in [5.74, 6) is 0.477. The maximum Gasteiger partial charge on any atom is 0.254 e. The SMILES string of the molecule is CC(C)N1CCc2c(nc(C3CCN(C(=O)Cc4ccccc4F)CC3)[nH]c2=O)C1. The van der Waals surface area contributed by atoms with Gasteiger partial charge in [0, 0.05) is 43.7 Å². The van der Waals surface area contributed by atoms with Crippen molar-refractivity contribution in [3.05, 3.63) is 63.1 Å². The topological polar surface area (TPSA) is 69.3 Å². The van der Waals surface area contributed by atoms with Gasteiger partial charge in [-0.15, -0.1) is 0 Å². The van der Waals surface area contributed by atoms with Crippen LogP contribution in [0.15, 0.2) is 29.1 Å². The van der Waals surface area contributed by atoms with Gasteiger partial charge in [0.1, 0.15) is 11.6 Å². The summed E-state index contributed by atoms with van der Waals surface area (Å²) >= 11 is 0. The first-order valence-electron chi connectivity index (χ1n) is 10.8. The lowest BCUT2D eigenvalue weighted by Crippen LogP contribution is -2.41. The van der Waals surface area contributed by atoms with Crippen molar-refractivity contribution in [3.63, 3.8) is 0 Å². The first kappa shape index (κ1) is 20.7. The Balaban J connectivity index is 1.41. The monoisotopic (exact) mass is 412 g/mol. The summed E-state index contributed by atoms with van der Waals surface area (Å²) in [7, 11) is 0. The van der Waals surface area contributed by atoms with E-state index in [0.29, 0.717) is 31.2 Å². The third kappa shape index (κ3) is 4.31. The molecule has 1 aromatic carbocycles. The Morgan fingerprint density at radius 1 is 1.23 bits per heavy atom. The lowest BCUT2D eigenvalue weighted by atomic mass is 9.94. The number of fused-ring (bicyclic) bond motifs is 1. The molecule has 1 saturated heterocycles. The average Bonchev–Trinajstić information content (AvgIpc) is 2.75. The maximum absolute atomic E-state index is 13.8. The number of nitrogens with one attached hydrogen (secondary N) is 1. The molecule has 0 atom stereocenters. The van der Waals surface area contributed by atoms with Crippen LogP contribution in [0, 0.1) is 5.82 Å². The molecule has 7 heteroatoms. The van der Waals surface area contributed by atoms with Crippen LogP contribution >= 0.6 is 0 Å². The van der Waals surface area contributed by atoms with E-state index in [-0.39, 0.29) is 29.6 Å². The molecule has 2 aromatic rings. The van der Waals surface area contributed by atoms with Gasteiger partial charge in [-0.05, 0) is 44.7 Å². The molecule has 30 heavy (non-hydrogen) atoms. The van der Waals surface area contributed by atoms with Gasteiger partial charge in [-0.1, -0.05) is 18.2 Å². The molecule has 2 aliphatic rings. The fourth-order valence-electron chi connectivity index (χ4n) is 4.43. The molecule has 1 N–H and O–H groups in total. The van der Waals surface area contributed by atoms with Gasteiger partial charge in [-0.2, -0.15) is 0 Å². The van der Waals surface area contributed by atoms with Gasteiger partial charge in [-0.25, -0.2) is 9.37 Å². The number of rotatable bonds is 4. The minimum Gasteiger partial charge on any atom is -0.342 e. The van der Waals surface area contributed by atoms with Crippen molar-refractivity contribution >= 4 is 5.91 Å².